The molecule has 0 fully saturated rings. The Balaban J connectivity index is 1.85. The summed E-state index contributed by atoms with van der Waals surface area (Å²) in [6.07, 6.45) is 4.29. The van der Waals surface area contributed by atoms with Crippen molar-refractivity contribution in [3.05, 3.63) is 120 Å². The smallest absolute Gasteiger partial charge is 0.279 e. The van der Waals surface area contributed by atoms with Crippen LogP contribution in [-0.4, -0.2) is 21.8 Å². The molecule has 4 aromatic rings. The number of nitrogens with zero attached hydrogens (tertiary/aromatic N) is 3. The Labute approximate surface area is 197 Å². The first kappa shape index (κ1) is 22.8. The van der Waals surface area contributed by atoms with E-state index >= 15 is 0 Å². The summed E-state index contributed by atoms with van der Waals surface area (Å²) >= 11 is 0. The summed E-state index contributed by atoms with van der Waals surface area (Å²) in [4.78, 5) is 37.1. The topological polar surface area (TPSA) is 75.2 Å². The number of aromatic nitrogens is 2. The molecule has 0 aliphatic heterocycles. The predicted molar refractivity (Wildman–Crippen MR) is 129 cm³/mol. The highest BCUT2D eigenvalue weighted by Gasteiger charge is 2.34. The Hall–Kier alpha value is -4.39. The normalized spacial score (nSPS) is 11.5. The molecule has 0 aliphatic carbocycles. The lowest BCUT2D eigenvalue weighted by Gasteiger charge is -2.31. The summed E-state index contributed by atoms with van der Waals surface area (Å²) < 4.78 is 13.4. The number of hydrogen-bond acceptors (Lipinski definition) is 4. The molecule has 1 aromatic heterocycles. The van der Waals surface area contributed by atoms with Gasteiger partial charge >= 0.3 is 0 Å². The second-order valence-electron chi connectivity index (χ2n) is 7.92. The average molecular weight is 455 g/mol. The van der Waals surface area contributed by atoms with Crippen molar-refractivity contribution in [1.29, 1.82) is 0 Å². The van der Waals surface area contributed by atoms with Crippen molar-refractivity contribution in [2.24, 2.45) is 0 Å². The van der Waals surface area contributed by atoms with E-state index in [-0.39, 0.29) is 5.69 Å². The predicted octanol–water partition coefficient (Wildman–Crippen LogP) is 5.26. The molecule has 2 amide bonds. The standard InChI is InChI=1S/C27H23FN4O2/c1-18-14-19(2)16-23(15-18)32(27(34)24-17-29-12-13-30-24)25(20-6-4-3-5-7-20)26(33)31-22-10-8-21(28)9-11-22/h3-17,25H,1-2H3,(H,31,33)/t25-/m0/s1. The van der Waals surface area contributed by atoms with Crippen molar-refractivity contribution in [1.82, 2.24) is 9.97 Å². The maximum absolute atomic E-state index is 13.8. The molecule has 34 heavy (non-hydrogen) atoms. The molecule has 7 heteroatoms. The zero-order valence-electron chi connectivity index (χ0n) is 18.8. The third kappa shape index (κ3) is 5.15. The van der Waals surface area contributed by atoms with Crippen LogP contribution in [0.3, 0.4) is 0 Å². The molecule has 1 atom stereocenters. The van der Waals surface area contributed by atoms with Gasteiger partial charge in [0.25, 0.3) is 11.8 Å². The molecular weight excluding hydrogens is 431 g/mol. The molecule has 3 aromatic carbocycles. The first-order valence-corrected chi connectivity index (χ1v) is 10.7. The lowest BCUT2D eigenvalue weighted by molar-refractivity contribution is -0.117. The van der Waals surface area contributed by atoms with E-state index in [1.54, 1.807) is 24.3 Å². The number of carbonyl (C=O) groups is 2. The van der Waals surface area contributed by atoms with Crippen LogP contribution >= 0.6 is 0 Å². The van der Waals surface area contributed by atoms with Crippen LogP contribution in [-0.2, 0) is 4.79 Å². The maximum Gasteiger partial charge on any atom is 0.279 e. The first-order valence-electron chi connectivity index (χ1n) is 10.7. The van der Waals surface area contributed by atoms with Crippen LogP contribution in [0.25, 0.3) is 0 Å². The Morgan fingerprint density at radius 2 is 1.59 bits per heavy atom. The van der Waals surface area contributed by atoms with Gasteiger partial charge in [-0.3, -0.25) is 19.5 Å². The minimum absolute atomic E-state index is 0.108. The quantitative estimate of drug-likeness (QED) is 0.431. The molecule has 0 saturated heterocycles. The van der Waals surface area contributed by atoms with Crippen molar-refractivity contribution in [2.45, 2.75) is 19.9 Å². The monoisotopic (exact) mass is 454 g/mol. The van der Waals surface area contributed by atoms with E-state index in [1.807, 2.05) is 38.1 Å². The number of nitrogens with one attached hydrogen (secondary N) is 1. The van der Waals surface area contributed by atoms with Crippen LogP contribution in [0.1, 0.15) is 33.2 Å². The number of aryl methyl sites for hydroxylation is 2. The third-order valence-electron chi connectivity index (χ3n) is 5.22. The van der Waals surface area contributed by atoms with Crippen LogP contribution < -0.4 is 10.2 Å². The molecule has 170 valence electrons. The Morgan fingerprint density at radius 3 is 2.21 bits per heavy atom. The third-order valence-corrected chi connectivity index (χ3v) is 5.22. The van der Waals surface area contributed by atoms with E-state index < -0.39 is 23.7 Å². The van der Waals surface area contributed by atoms with Crippen LogP contribution in [0.2, 0.25) is 0 Å². The molecule has 0 radical (unpaired) electrons. The van der Waals surface area contributed by atoms with Crippen LogP contribution in [0, 0.1) is 19.7 Å². The van der Waals surface area contributed by atoms with E-state index in [0.29, 0.717) is 16.9 Å². The zero-order chi connectivity index (χ0) is 24.1. The molecule has 0 bridgehead atoms. The minimum Gasteiger partial charge on any atom is -0.324 e. The fraction of sp³-hybridized carbons (Fsp3) is 0.111. The van der Waals surface area contributed by atoms with Gasteiger partial charge in [0.05, 0.1) is 6.20 Å². The summed E-state index contributed by atoms with van der Waals surface area (Å²) in [5, 5.41) is 2.82. The summed E-state index contributed by atoms with van der Waals surface area (Å²) in [5.74, 6) is -1.33. The molecule has 1 heterocycles. The highest BCUT2D eigenvalue weighted by Crippen LogP contribution is 2.31. The van der Waals surface area contributed by atoms with Gasteiger partial charge in [0.2, 0.25) is 0 Å². The fourth-order valence-electron chi connectivity index (χ4n) is 3.80. The molecule has 0 saturated carbocycles. The van der Waals surface area contributed by atoms with E-state index in [4.69, 9.17) is 0 Å². The largest absolute Gasteiger partial charge is 0.324 e. The lowest BCUT2D eigenvalue weighted by Crippen LogP contribution is -2.42. The van der Waals surface area contributed by atoms with Gasteiger partial charge < -0.3 is 5.32 Å². The highest BCUT2D eigenvalue weighted by atomic mass is 19.1. The van der Waals surface area contributed by atoms with Gasteiger partial charge in [0, 0.05) is 23.8 Å². The number of benzene rings is 3. The van der Waals surface area contributed by atoms with E-state index in [2.05, 4.69) is 15.3 Å². The van der Waals surface area contributed by atoms with Gasteiger partial charge in [-0.05, 0) is 66.9 Å². The molecule has 0 spiro atoms. The fourth-order valence-corrected chi connectivity index (χ4v) is 3.80. The van der Waals surface area contributed by atoms with E-state index in [0.717, 1.165) is 11.1 Å². The van der Waals surface area contributed by atoms with Gasteiger partial charge in [0.15, 0.2) is 0 Å². The van der Waals surface area contributed by atoms with Gasteiger partial charge in [0.1, 0.15) is 17.6 Å². The first-order chi connectivity index (χ1) is 16.4. The van der Waals surface area contributed by atoms with Crippen LogP contribution in [0.5, 0.6) is 0 Å². The zero-order valence-corrected chi connectivity index (χ0v) is 18.8. The number of rotatable bonds is 6. The van der Waals surface area contributed by atoms with Crippen molar-refractivity contribution >= 4 is 23.2 Å². The highest BCUT2D eigenvalue weighted by molar-refractivity contribution is 6.11. The van der Waals surface area contributed by atoms with E-state index in [1.165, 1.54) is 47.8 Å². The summed E-state index contributed by atoms with van der Waals surface area (Å²) in [5.41, 5.74) is 3.57. The molecule has 6 nitrogen and oxygen atoms in total. The van der Waals surface area contributed by atoms with Crippen molar-refractivity contribution < 1.29 is 14.0 Å². The number of halogens is 1. The number of anilines is 2. The van der Waals surface area contributed by atoms with Gasteiger partial charge in [-0.2, -0.15) is 0 Å². The average Bonchev–Trinajstić information content (AvgIpc) is 2.84. The Bertz CT molecular complexity index is 1280. The van der Waals surface area contributed by atoms with Gasteiger partial charge in [-0.1, -0.05) is 36.4 Å². The number of hydrogen-bond donors (Lipinski definition) is 1. The van der Waals surface area contributed by atoms with E-state index in [9.17, 15) is 14.0 Å². The maximum atomic E-state index is 13.8. The molecule has 1 N–H and O–H groups in total. The van der Waals surface area contributed by atoms with Crippen molar-refractivity contribution in [3.8, 4) is 0 Å². The summed E-state index contributed by atoms with van der Waals surface area (Å²) in [6, 6.07) is 19.2. The summed E-state index contributed by atoms with van der Waals surface area (Å²) in [6.45, 7) is 3.86. The molecule has 4 rings (SSSR count). The second kappa shape index (κ2) is 10.0. The van der Waals surface area contributed by atoms with Gasteiger partial charge in [-0.25, -0.2) is 9.37 Å². The van der Waals surface area contributed by atoms with Crippen molar-refractivity contribution in [3.63, 3.8) is 0 Å². The van der Waals surface area contributed by atoms with Crippen LogP contribution in [0.15, 0.2) is 91.4 Å². The second-order valence-corrected chi connectivity index (χ2v) is 7.92. The van der Waals surface area contributed by atoms with Gasteiger partial charge in [-0.15, -0.1) is 0 Å². The van der Waals surface area contributed by atoms with Crippen molar-refractivity contribution in [2.75, 3.05) is 10.2 Å². The van der Waals surface area contributed by atoms with Crippen LogP contribution in [0.4, 0.5) is 15.8 Å². The minimum atomic E-state index is -1.03. The summed E-state index contributed by atoms with van der Waals surface area (Å²) in [7, 11) is 0. The Kier molecular flexibility index (Phi) is 6.73. The number of amides is 2. The molecule has 0 unspecified atom stereocenters. The SMILES string of the molecule is Cc1cc(C)cc(N(C(=O)c2cnccn2)[C@H](C(=O)Nc2ccc(F)cc2)c2ccccc2)c1. The lowest BCUT2D eigenvalue weighted by atomic mass is 10.0. The molecular formula is C27H23FN4O2. The molecule has 0 aliphatic rings. The number of carbonyl (C=O) groups excluding carboxylic acids is 2. The Morgan fingerprint density at radius 1 is 0.912 bits per heavy atom.